The molecule has 0 bridgehead atoms. The summed E-state index contributed by atoms with van der Waals surface area (Å²) in [6.45, 7) is 4.04. The molecule has 3 aromatic rings. The van der Waals surface area contributed by atoms with Crippen LogP contribution in [0, 0.1) is 18.8 Å². The van der Waals surface area contributed by atoms with Crippen LogP contribution < -0.4 is 0 Å². The molecule has 0 aliphatic heterocycles. The Morgan fingerprint density at radius 3 is 2.38 bits per heavy atom. The third kappa shape index (κ3) is 4.25. The van der Waals surface area contributed by atoms with Crippen molar-refractivity contribution in [1.29, 1.82) is 0 Å². The second-order valence-corrected chi connectivity index (χ2v) is 7.46. The highest BCUT2D eigenvalue weighted by molar-refractivity contribution is 9.10. The van der Waals surface area contributed by atoms with E-state index in [0.717, 1.165) is 15.7 Å². The molecular formula is C22H21BrN2O. The van der Waals surface area contributed by atoms with E-state index in [9.17, 15) is 4.91 Å². The number of halogens is 1. The van der Waals surface area contributed by atoms with Crippen molar-refractivity contribution < 1.29 is 0 Å². The lowest BCUT2D eigenvalue weighted by atomic mass is 9.82. The van der Waals surface area contributed by atoms with Crippen molar-refractivity contribution in [3.05, 3.63) is 104 Å². The van der Waals surface area contributed by atoms with Crippen molar-refractivity contribution >= 4 is 15.9 Å². The van der Waals surface area contributed by atoms with Gasteiger partial charge >= 0.3 is 0 Å². The van der Waals surface area contributed by atoms with Crippen LogP contribution in [0.15, 0.2) is 76.5 Å². The Balaban J connectivity index is 2.01. The molecule has 0 saturated heterocycles. The van der Waals surface area contributed by atoms with Crippen LogP contribution in [0.25, 0.3) is 0 Å². The van der Waals surface area contributed by atoms with Gasteiger partial charge in [0, 0.05) is 22.3 Å². The molecule has 0 N–H and O–H groups in total. The first kappa shape index (κ1) is 18.5. The van der Waals surface area contributed by atoms with Crippen molar-refractivity contribution in [2.75, 3.05) is 0 Å². The molecule has 0 amide bonds. The van der Waals surface area contributed by atoms with Gasteiger partial charge in [-0.15, -0.1) is 0 Å². The molecule has 0 spiro atoms. The van der Waals surface area contributed by atoms with Crippen molar-refractivity contribution in [3.63, 3.8) is 0 Å². The van der Waals surface area contributed by atoms with Crippen molar-refractivity contribution in [3.8, 4) is 0 Å². The number of benzene rings is 2. The summed E-state index contributed by atoms with van der Waals surface area (Å²) in [5.41, 5.74) is 5.45. The molecule has 3 rings (SSSR count). The lowest BCUT2D eigenvalue weighted by Gasteiger charge is -2.23. The highest BCUT2D eigenvalue weighted by Crippen LogP contribution is 2.37. The van der Waals surface area contributed by atoms with Gasteiger partial charge in [0.05, 0.1) is 0 Å². The van der Waals surface area contributed by atoms with Gasteiger partial charge in [0.25, 0.3) is 0 Å². The average Bonchev–Trinajstić information content (AvgIpc) is 2.65. The van der Waals surface area contributed by atoms with Crippen LogP contribution in [0.2, 0.25) is 0 Å². The average molecular weight is 409 g/mol. The summed E-state index contributed by atoms with van der Waals surface area (Å²) >= 11 is 3.50. The Hall–Kier alpha value is -2.33. The molecule has 1 aromatic heterocycles. The van der Waals surface area contributed by atoms with E-state index < -0.39 is 6.04 Å². The largest absolute Gasteiger partial charge is 0.262 e. The van der Waals surface area contributed by atoms with Gasteiger partial charge in [-0.2, -0.15) is 4.91 Å². The van der Waals surface area contributed by atoms with Crippen LogP contribution >= 0.6 is 15.9 Å². The smallest absolute Gasteiger partial charge is 0.118 e. The van der Waals surface area contributed by atoms with Gasteiger partial charge in [-0.25, -0.2) is 0 Å². The molecule has 0 radical (unpaired) electrons. The van der Waals surface area contributed by atoms with Gasteiger partial charge in [0.15, 0.2) is 0 Å². The summed E-state index contributed by atoms with van der Waals surface area (Å²) in [6.07, 6.45) is 2.37. The predicted molar refractivity (Wildman–Crippen MR) is 109 cm³/mol. The van der Waals surface area contributed by atoms with E-state index >= 15 is 0 Å². The highest BCUT2D eigenvalue weighted by atomic mass is 79.9. The Bertz CT molecular complexity index is 893. The maximum absolute atomic E-state index is 11.7. The van der Waals surface area contributed by atoms with Crippen molar-refractivity contribution in [2.45, 2.75) is 32.2 Å². The molecule has 132 valence electrons. The fraction of sp³-hybridized carbons (Fsp3) is 0.227. The SMILES string of the molecule is Cc1cc(C(C[C@H](c2ccc(Br)cc2)c2ccccc2C)N=O)ccn1. The normalized spacial score (nSPS) is 13.2. The molecule has 4 heteroatoms. The van der Waals surface area contributed by atoms with E-state index in [2.05, 4.69) is 57.3 Å². The third-order valence-electron chi connectivity index (χ3n) is 4.73. The molecule has 0 aliphatic carbocycles. The van der Waals surface area contributed by atoms with E-state index in [4.69, 9.17) is 0 Å². The maximum atomic E-state index is 11.7. The molecule has 1 heterocycles. The summed E-state index contributed by atoms with van der Waals surface area (Å²) in [5.74, 6) is 0.0977. The highest BCUT2D eigenvalue weighted by Gasteiger charge is 2.23. The number of hydrogen-bond acceptors (Lipinski definition) is 3. The van der Waals surface area contributed by atoms with E-state index in [-0.39, 0.29) is 5.92 Å². The Labute approximate surface area is 162 Å². The fourth-order valence-corrected chi connectivity index (χ4v) is 3.62. The van der Waals surface area contributed by atoms with E-state index in [1.165, 1.54) is 16.7 Å². The summed E-state index contributed by atoms with van der Waals surface area (Å²) in [7, 11) is 0. The Morgan fingerprint density at radius 2 is 1.73 bits per heavy atom. The summed E-state index contributed by atoms with van der Waals surface area (Å²) in [4.78, 5) is 15.9. The molecule has 0 aliphatic rings. The summed E-state index contributed by atoms with van der Waals surface area (Å²) < 4.78 is 1.04. The van der Waals surface area contributed by atoms with Crippen LogP contribution in [-0.2, 0) is 0 Å². The number of nitroso groups, excluding NO2 is 1. The predicted octanol–water partition coefficient (Wildman–Crippen LogP) is 6.49. The first-order valence-corrected chi connectivity index (χ1v) is 9.44. The minimum Gasteiger partial charge on any atom is -0.262 e. The van der Waals surface area contributed by atoms with Gasteiger partial charge in [0.2, 0.25) is 0 Å². The number of aryl methyl sites for hydroxylation is 2. The summed E-state index contributed by atoms with van der Waals surface area (Å²) in [6, 6.07) is 20.1. The van der Waals surface area contributed by atoms with Gasteiger partial charge < -0.3 is 0 Å². The topological polar surface area (TPSA) is 42.3 Å². The number of pyridine rings is 1. The molecular weight excluding hydrogens is 388 g/mol. The number of nitrogens with zero attached hydrogens (tertiary/aromatic N) is 2. The van der Waals surface area contributed by atoms with Crippen LogP contribution in [0.5, 0.6) is 0 Å². The summed E-state index contributed by atoms with van der Waals surface area (Å²) in [5, 5.41) is 3.45. The lowest BCUT2D eigenvalue weighted by molar-refractivity contribution is 0.591. The van der Waals surface area contributed by atoms with Crippen LogP contribution in [0.4, 0.5) is 0 Å². The zero-order chi connectivity index (χ0) is 18.5. The first-order valence-electron chi connectivity index (χ1n) is 8.64. The number of aromatic nitrogens is 1. The fourth-order valence-electron chi connectivity index (χ4n) is 3.35. The van der Waals surface area contributed by atoms with Crippen LogP contribution in [-0.4, -0.2) is 4.98 Å². The second kappa shape index (κ2) is 8.37. The third-order valence-corrected chi connectivity index (χ3v) is 5.26. The van der Waals surface area contributed by atoms with Gasteiger partial charge in [-0.1, -0.05) is 57.5 Å². The van der Waals surface area contributed by atoms with E-state index in [1.807, 2.05) is 43.3 Å². The lowest BCUT2D eigenvalue weighted by Crippen LogP contribution is -2.08. The number of hydrogen-bond donors (Lipinski definition) is 0. The first-order chi connectivity index (χ1) is 12.6. The van der Waals surface area contributed by atoms with Crippen LogP contribution in [0.1, 0.15) is 46.3 Å². The van der Waals surface area contributed by atoms with E-state index in [1.54, 1.807) is 6.20 Å². The molecule has 26 heavy (non-hydrogen) atoms. The monoisotopic (exact) mass is 408 g/mol. The Kier molecular flexibility index (Phi) is 5.94. The van der Waals surface area contributed by atoms with Crippen LogP contribution in [0.3, 0.4) is 0 Å². The molecule has 3 nitrogen and oxygen atoms in total. The van der Waals surface area contributed by atoms with Gasteiger partial charge in [-0.05, 0) is 66.8 Å². The minimum atomic E-state index is -0.412. The molecule has 0 fully saturated rings. The molecule has 2 aromatic carbocycles. The van der Waals surface area contributed by atoms with Crippen molar-refractivity contribution in [1.82, 2.24) is 4.98 Å². The van der Waals surface area contributed by atoms with Gasteiger partial charge in [-0.3, -0.25) is 4.98 Å². The Morgan fingerprint density at radius 1 is 1.00 bits per heavy atom. The standard InChI is InChI=1S/C22H21BrN2O/c1-15-5-3-4-6-20(15)21(17-7-9-19(23)10-8-17)14-22(25-26)18-11-12-24-16(2)13-18/h3-13,21-22H,14H2,1-2H3/t21-,22?/m1/s1. The van der Waals surface area contributed by atoms with E-state index in [0.29, 0.717) is 6.42 Å². The van der Waals surface area contributed by atoms with Gasteiger partial charge in [0.1, 0.15) is 6.04 Å². The number of rotatable bonds is 6. The van der Waals surface area contributed by atoms with Crippen molar-refractivity contribution in [2.24, 2.45) is 5.18 Å². The second-order valence-electron chi connectivity index (χ2n) is 6.55. The zero-order valence-electron chi connectivity index (χ0n) is 14.9. The zero-order valence-corrected chi connectivity index (χ0v) is 16.5. The molecule has 0 saturated carbocycles. The minimum absolute atomic E-state index is 0.0977. The molecule has 1 unspecified atom stereocenters. The maximum Gasteiger partial charge on any atom is 0.118 e. The quantitative estimate of drug-likeness (QED) is 0.437. The molecule has 2 atom stereocenters.